The second-order valence-corrected chi connectivity index (χ2v) is 4.94. The summed E-state index contributed by atoms with van der Waals surface area (Å²) in [4.78, 5) is 10.6. The molecular formula is C9H13BrO. The Kier molecular flexibility index (Phi) is 2.88. The van der Waals surface area contributed by atoms with Crippen molar-refractivity contribution in [3.05, 3.63) is 12.2 Å². The number of hydrogen-bond donors (Lipinski definition) is 0. The van der Waals surface area contributed by atoms with E-state index in [9.17, 15) is 4.79 Å². The first-order valence-electron chi connectivity index (χ1n) is 3.99. The minimum absolute atomic E-state index is 0.343. The lowest BCUT2D eigenvalue weighted by atomic mass is 9.86. The van der Waals surface area contributed by atoms with Crippen LogP contribution in [0.25, 0.3) is 0 Å². The van der Waals surface area contributed by atoms with Crippen LogP contribution in [0.15, 0.2) is 12.2 Å². The Morgan fingerprint density at radius 1 is 1.73 bits per heavy atom. The molecule has 1 rings (SSSR count). The van der Waals surface area contributed by atoms with E-state index in [4.69, 9.17) is 0 Å². The van der Waals surface area contributed by atoms with E-state index in [1.807, 2.05) is 6.92 Å². The predicted molar refractivity (Wildman–Crippen MR) is 49.9 cm³/mol. The average Bonchev–Trinajstić information content (AvgIpc) is 2.06. The molecule has 0 amide bonds. The summed E-state index contributed by atoms with van der Waals surface area (Å²) in [5, 5.41) is 0. The van der Waals surface area contributed by atoms with Crippen LogP contribution in [0, 0.1) is 5.92 Å². The van der Waals surface area contributed by atoms with E-state index in [0.717, 1.165) is 12.7 Å². The zero-order valence-electron chi connectivity index (χ0n) is 6.72. The summed E-state index contributed by atoms with van der Waals surface area (Å²) in [6.45, 7) is 1.93. The molecular weight excluding hydrogens is 204 g/mol. The lowest BCUT2D eigenvalue weighted by Gasteiger charge is -2.26. The van der Waals surface area contributed by atoms with Gasteiger partial charge in [0.2, 0.25) is 0 Å². The molecule has 0 saturated carbocycles. The normalized spacial score (nSPS) is 29.5. The molecule has 0 aromatic carbocycles. The number of allylic oxidation sites excluding steroid dienone is 2. The maximum atomic E-state index is 10.6. The molecule has 0 fully saturated rings. The Morgan fingerprint density at radius 3 is 2.91 bits per heavy atom. The molecule has 1 aliphatic rings. The van der Waals surface area contributed by atoms with Crippen LogP contribution in [0.1, 0.15) is 26.2 Å². The van der Waals surface area contributed by atoms with Crippen LogP contribution in [0.2, 0.25) is 0 Å². The van der Waals surface area contributed by atoms with E-state index < -0.39 is 0 Å². The Morgan fingerprint density at radius 2 is 2.45 bits per heavy atom. The number of hydrogen-bond acceptors (Lipinski definition) is 1. The Hall–Kier alpha value is -0.110. The summed E-state index contributed by atoms with van der Waals surface area (Å²) in [7, 11) is 0. The summed E-state index contributed by atoms with van der Waals surface area (Å²) >= 11 is 3.42. The standard InChI is InChI=1S/C9H13BrO/c1-9(10,7-11)8-5-3-2-4-6-8/h3,5,7-8H,2,4,6H2,1H3. The Labute approximate surface area is 76.0 Å². The summed E-state index contributed by atoms with van der Waals surface area (Å²) in [5.74, 6) is 0.383. The number of carbonyl (C=O) groups is 1. The van der Waals surface area contributed by atoms with Gasteiger partial charge < -0.3 is 4.79 Å². The molecule has 1 aliphatic carbocycles. The summed E-state index contributed by atoms with van der Waals surface area (Å²) in [5.41, 5.74) is 0. The van der Waals surface area contributed by atoms with Gasteiger partial charge in [0.05, 0.1) is 4.32 Å². The number of carbonyl (C=O) groups excluding carboxylic acids is 1. The van der Waals surface area contributed by atoms with Crippen molar-refractivity contribution in [3.63, 3.8) is 0 Å². The largest absolute Gasteiger partial charge is 0.302 e. The molecule has 0 N–H and O–H groups in total. The van der Waals surface area contributed by atoms with Gasteiger partial charge in [0.15, 0.2) is 0 Å². The highest BCUT2D eigenvalue weighted by Gasteiger charge is 2.29. The quantitative estimate of drug-likeness (QED) is 0.395. The first kappa shape index (κ1) is 8.98. The fourth-order valence-corrected chi connectivity index (χ4v) is 1.75. The topological polar surface area (TPSA) is 17.1 Å². The van der Waals surface area contributed by atoms with Crippen LogP contribution in [-0.4, -0.2) is 10.6 Å². The highest BCUT2D eigenvalue weighted by molar-refractivity contribution is 9.10. The summed E-state index contributed by atoms with van der Waals surface area (Å²) in [6, 6.07) is 0. The number of alkyl halides is 1. The SMILES string of the molecule is CC(Br)(C=O)C1C=CCCC1. The van der Waals surface area contributed by atoms with Crippen molar-refractivity contribution in [2.45, 2.75) is 30.5 Å². The van der Waals surface area contributed by atoms with Gasteiger partial charge >= 0.3 is 0 Å². The fraction of sp³-hybridized carbons (Fsp3) is 0.667. The van der Waals surface area contributed by atoms with Crippen LogP contribution in [0.5, 0.6) is 0 Å². The van der Waals surface area contributed by atoms with Crippen LogP contribution >= 0.6 is 15.9 Å². The first-order chi connectivity index (χ1) is 5.17. The minimum Gasteiger partial charge on any atom is -0.302 e. The molecule has 2 unspecified atom stereocenters. The van der Waals surface area contributed by atoms with Crippen LogP contribution in [-0.2, 0) is 4.79 Å². The van der Waals surface area contributed by atoms with Crippen LogP contribution in [0.3, 0.4) is 0 Å². The van der Waals surface area contributed by atoms with Crippen molar-refractivity contribution in [1.29, 1.82) is 0 Å². The Bertz CT molecular complexity index is 172. The predicted octanol–water partition coefficient (Wildman–Crippen LogP) is 2.70. The molecule has 0 saturated heterocycles. The van der Waals surface area contributed by atoms with Crippen LogP contribution < -0.4 is 0 Å². The summed E-state index contributed by atoms with van der Waals surface area (Å²) in [6.07, 6.45) is 8.79. The first-order valence-corrected chi connectivity index (χ1v) is 4.78. The zero-order chi connectivity index (χ0) is 8.32. The van der Waals surface area contributed by atoms with Gasteiger partial charge in [-0.3, -0.25) is 0 Å². The van der Waals surface area contributed by atoms with Gasteiger partial charge in [0, 0.05) is 0 Å². The average molecular weight is 217 g/mol. The lowest BCUT2D eigenvalue weighted by molar-refractivity contribution is -0.110. The molecule has 0 aliphatic heterocycles. The highest BCUT2D eigenvalue weighted by atomic mass is 79.9. The molecule has 0 spiro atoms. The van der Waals surface area contributed by atoms with Gasteiger partial charge in [0.25, 0.3) is 0 Å². The third kappa shape index (κ3) is 2.16. The minimum atomic E-state index is -0.343. The van der Waals surface area contributed by atoms with Gasteiger partial charge in [-0.25, -0.2) is 0 Å². The third-order valence-corrected chi connectivity index (χ3v) is 2.98. The van der Waals surface area contributed by atoms with E-state index in [1.54, 1.807) is 0 Å². The molecule has 0 radical (unpaired) electrons. The maximum absolute atomic E-state index is 10.6. The van der Waals surface area contributed by atoms with Crippen molar-refractivity contribution in [2.24, 2.45) is 5.92 Å². The van der Waals surface area contributed by atoms with E-state index >= 15 is 0 Å². The monoisotopic (exact) mass is 216 g/mol. The van der Waals surface area contributed by atoms with Gasteiger partial charge in [-0.2, -0.15) is 0 Å². The molecule has 2 atom stereocenters. The van der Waals surface area contributed by atoms with E-state index in [1.165, 1.54) is 12.8 Å². The molecule has 0 aromatic heterocycles. The fourth-order valence-electron chi connectivity index (χ4n) is 1.37. The van der Waals surface area contributed by atoms with Crippen molar-refractivity contribution in [3.8, 4) is 0 Å². The summed E-state index contributed by atoms with van der Waals surface area (Å²) < 4.78 is -0.343. The third-order valence-electron chi connectivity index (χ3n) is 2.21. The molecule has 0 bridgehead atoms. The van der Waals surface area contributed by atoms with Crippen molar-refractivity contribution in [1.82, 2.24) is 0 Å². The second-order valence-electron chi connectivity index (χ2n) is 3.23. The van der Waals surface area contributed by atoms with Gasteiger partial charge in [-0.1, -0.05) is 28.1 Å². The highest BCUT2D eigenvalue weighted by Crippen LogP contribution is 2.32. The molecule has 0 heterocycles. The Balaban J connectivity index is 2.65. The number of aldehydes is 1. The molecule has 11 heavy (non-hydrogen) atoms. The molecule has 2 heteroatoms. The zero-order valence-corrected chi connectivity index (χ0v) is 8.30. The van der Waals surface area contributed by atoms with Crippen molar-refractivity contribution >= 4 is 22.2 Å². The van der Waals surface area contributed by atoms with Gasteiger partial charge in [0.1, 0.15) is 6.29 Å². The molecule has 1 nitrogen and oxygen atoms in total. The van der Waals surface area contributed by atoms with E-state index in [-0.39, 0.29) is 4.32 Å². The maximum Gasteiger partial charge on any atom is 0.137 e. The molecule has 0 aromatic rings. The van der Waals surface area contributed by atoms with Crippen molar-refractivity contribution < 1.29 is 4.79 Å². The second kappa shape index (κ2) is 3.53. The van der Waals surface area contributed by atoms with Crippen LogP contribution in [0.4, 0.5) is 0 Å². The molecule has 62 valence electrons. The smallest absolute Gasteiger partial charge is 0.137 e. The van der Waals surface area contributed by atoms with Gasteiger partial charge in [-0.05, 0) is 32.1 Å². The van der Waals surface area contributed by atoms with Gasteiger partial charge in [-0.15, -0.1) is 0 Å². The van der Waals surface area contributed by atoms with E-state index in [0.29, 0.717) is 5.92 Å². The van der Waals surface area contributed by atoms with E-state index in [2.05, 4.69) is 28.1 Å². The number of halogens is 1. The lowest BCUT2D eigenvalue weighted by Crippen LogP contribution is -2.29. The number of rotatable bonds is 2. The van der Waals surface area contributed by atoms with Crippen molar-refractivity contribution in [2.75, 3.05) is 0 Å².